The SMILES string of the molecule is Cc1cccc(OC2CCCN(CCOC3=CCCC=C3)C2)c1. The minimum Gasteiger partial charge on any atom is -0.493 e. The molecule has 0 radical (unpaired) electrons. The molecule has 1 aromatic rings. The van der Waals surface area contributed by atoms with E-state index >= 15 is 0 Å². The summed E-state index contributed by atoms with van der Waals surface area (Å²) in [5.41, 5.74) is 1.25. The van der Waals surface area contributed by atoms with Crippen molar-refractivity contribution in [3.05, 3.63) is 53.8 Å². The van der Waals surface area contributed by atoms with Crippen LogP contribution in [0.1, 0.15) is 31.2 Å². The molecule has 124 valence electrons. The topological polar surface area (TPSA) is 21.7 Å². The Bertz CT molecular complexity index is 565. The van der Waals surface area contributed by atoms with E-state index in [1.54, 1.807) is 0 Å². The lowest BCUT2D eigenvalue weighted by atomic mass is 10.1. The zero-order valence-corrected chi connectivity index (χ0v) is 14.0. The van der Waals surface area contributed by atoms with Gasteiger partial charge in [-0.05, 0) is 69.0 Å². The Morgan fingerprint density at radius 3 is 3.04 bits per heavy atom. The first-order chi connectivity index (χ1) is 11.3. The largest absolute Gasteiger partial charge is 0.493 e. The van der Waals surface area contributed by atoms with Crippen molar-refractivity contribution in [3.8, 4) is 5.75 Å². The van der Waals surface area contributed by atoms with Gasteiger partial charge in [0.1, 0.15) is 24.2 Å². The number of allylic oxidation sites excluding steroid dienone is 3. The van der Waals surface area contributed by atoms with E-state index in [-0.39, 0.29) is 0 Å². The molecule has 3 heteroatoms. The van der Waals surface area contributed by atoms with Crippen molar-refractivity contribution in [1.29, 1.82) is 0 Å². The van der Waals surface area contributed by atoms with Gasteiger partial charge in [-0.2, -0.15) is 0 Å². The molecule has 0 spiro atoms. The van der Waals surface area contributed by atoms with E-state index in [0.29, 0.717) is 6.10 Å². The van der Waals surface area contributed by atoms with Gasteiger partial charge in [0.25, 0.3) is 0 Å². The summed E-state index contributed by atoms with van der Waals surface area (Å²) in [6.45, 7) is 5.97. The van der Waals surface area contributed by atoms with Crippen LogP contribution < -0.4 is 4.74 Å². The summed E-state index contributed by atoms with van der Waals surface area (Å²) in [6.07, 6.45) is 11.3. The van der Waals surface area contributed by atoms with Gasteiger partial charge < -0.3 is 9.47 Å². The minimum atomic E-state index is 0.291. The number of benzene rings is 1. The molecule has 1 atom stereocenters. The van der Waals surface area contributed by atoms with Crippen LogP contribution in [-0.4, -0.2) is 37.2 Å². The molecule has 0 amide bonds. The fourth-order valence-electron chi connectivity index (χ4n) is 3.18. The third-order valence-electron chi connectivity index (χ3n) is 4.39. The van der Waals surface area contributed by atoms with Crippen molar-refractivity contribution in [2.24, 2.45) is 0 Å². The highest BCUT2D eigenvalue weighted by atomic mass is 16.5. The number of aryl methyl sites for hydroxylation is 1. The zero-order chi connectivity index (χ0) is 15.9. The lowest BCUT2D eigenvalue weighted by Crippen LogP contribution is -2.42. The molecule has 1 aromatic carbocycles. The number of rotatable bonds is 6. The highest BCUT2D eigenvalue weighted by Gasteiger charge is 2.21. The molecular formula is C20H27NO2. The predicted molar refractivity (Wildman–Crippen MR) is 93.7 cm³/mol. The first-order valence-electron chi connectivity index (χ1n) is 8.75. The lowest BCUT2D eigenvalue weighted by Gasteiger charge is -2.32. The van der Waals surface area contributed by atoms with Gasteiger partial charge in [-0.1, -0.05) is 18.2 Å². The van der Waals surface area contributed by atoms with Gasteiger partial charge in [-0.25, -0.2) is 0 Å². The van der Waals surface area contributed by atoms with Gasteiger partial charge in [0, 0.05) is 13.1 Å². The predicted octanol–water partition coefficient (Wildman–Crippen LogP) is 4.09. The van der Waals surface area contributed by atoms with Gasteiger partial charge in [-0.3, -0.25) is 4.90 Å². The number of likely N-dealkylation sites (tertiary alicyclic amines) is 1. The van der Waals surface area contributed by atoms with Crippen LogP contribution >= 0.6 is 0 Å². The quantitative estimate of drug-likeness (QED) is 0.789. The number of ether oxygens (including phenoxy) is 2. The maximum Gasteiger partial charge on any atom is 0.120 e. The molecule has 0 N–H and O–H groups in total. The molecule has 2 aliphatic rings. The maximum absolute atomic E-state index is 6.16. The van der Waals surface area contributed by atoms with Crippen LogP contribution in [0.3, 0.4) is 0 Å². The highest BCUT2D eigenvalue weighted by molar-refractivity contribution is 5.27. The smallest absolute Gasteiger partial charge is 0.120 e. The highest BCUT2D eigenvalue weighted by Crippen LogP contribution is 2.19. The molecule has 1 fully saturated rings. The molecule has 0 saturated carbocycles. The van der Waals surface area contributed by atoms with E-state index in [1.807, 2.05) is 0 Å². The van der Waals surface area contributed by atoms with Gasteiger partial charge in [0.15, 0.2) is 0 Å². The summed E-state index contributed by atoms with van der Waals surface area (Å²) in [4.78, 5) is 2.46. The van der Waals surface area contributed by atoms with Gasteiger partial charge in [0.05, 0.1) is 0 Å². The standard InChI is InChI=1S/C20H27NO2/c1-17-7-5-10-19(15-17)23-20-11-6-12-21(16-20)13-14-22-18-8-3-2-4-9-18/h3,5,7-10,15,20H,2,4,6,11-14,16H2,1H3. The second-order valence-electron chi connectivity index (χ2n) is 6.43. The summed E-state index contributed by atoms with van der Waals surface area (Å²) in [5, 5.41) is 0. The second kappa shape index (κ2) is 8.21. The Balaban J connectivity index is 1.42. The van der Waals surface area contributed by atoms with Crippen LogP contribution in [-0.2, 0) is 4.74 Å². The maximum atomic E-state index is 6.16. The molecule has 3 nitrogen and oxygen atoms in total. The first-order valence-corrected chi connectivity index (χ1v) is 8.75. The Morgan fingerprint density at radius 2 is 2.22 bits per heavy atom. The van der Waals surface area contributed by atoms with Crippen molar-refractivity contribution >= 4 is 0 Å². The van der Waals surface area contributed by atoms with Crippen molar-refractivity contribution in [3.63, 3.8) is 0 Å². The van der Waals surface area contributed by atoms with Crippen LogP contribution in [0.15, 0.2) is 48.3 Å². The molecule has 1 heterocycles. The molecule has 1 unspecified atom stereocenters. The van der Waals surface area contributed by atoms with E-state index in [1.165, 1.54) is 12.0 Å². The van der Waals surface area contributed by atoms with Crippen LogP contribution in [0.25, 0.3) is 0 Å². The Labute approximate surface area is 139 Å². The van der Waals surface area contributed by atoms with E-state index in [9.17, 15) is 0 Å². The third kappa shape index (κ3) is 5.14. The van der Waals surface area contributed by atoms with Crippen LogP contribution in [0.2, 0.25) is 0 Å². The number of piperidine rings is 1. The fourth-order valence-corrected chi connectivity index (χ4v) is 3.18. The van der Waals surface area contributed by atoms with Crippen molar-refractivity contribution in [2.75, 3.05) is 26.2 Å². The summed E-state index contributed by atoms with van der Waals surface area (Å²) in [6, 6.07) is 8.33. The summed E-state index contributed by atoms with van der Waals surface area (Å²) >= 11 is 0. The molecule has 3 rings (SSSR count). The number of nitrogens with zero attached hydrogens (tertiary/aromatic N) is 1. The minimum absolute atomic E-state index is 0.291. The van der Waals surface area contributed by atoms with Crippen LogP contribution in [0.5, 0.6) is 5.75 Å². The Hall–Kier alpha value is -1.74. The van der Waals surface area contributed by atoms with E-state index in [2.05, 4.69) is 54.3 Å². The lowest BCUT2D eigenvalue weighted by molar-refractivity contribution is 0.0716. The molecule has 0 aromatic heterocycles. The van der Waals surface area contributed by atoms with E-state index in [0.717, 1.165) is 57.0 Å². The van der Waals surface area contributed by atoms with E-state index < -0.39 is 0 Å². The molecule has 1 aliphatic carbocycles. The van der Waals surface area contributed by atoms with Crippen LogP contribution in [0.4, 0.5) is 0 Å². The average Bonchev–Trinajstić information content (AvgIpc) is 2.56. The summed E-state index contributed by atoms with van der Waals surface area (Å²) < 4.78 is 12.0. The van der Waals surface area contributed by atoms with Crippen molar-refractivity contribution in [1.82, 2.24) is 4.90 Å². The number of hydrogen-bond acceptors (Lipinski definition) is 3. The molecule has 1 saturated heterocycles. The average molecular weight is 313 g/mol. The Kier molecular flexibility index (Phi) is 5.76. The van der Waals surface area contributed by atoms with Crippen LogP contribution in [0, 0.1) is 6.92 Å². The van der Waals surface area contributed by atoms with Gasteiger partial charge in [0.2, 0.25) is 0 Å². The number of hydrogen-bond donors (Lipinski definition) is 0. The van der Waals surface area contributed by atoms with Gasteiger partial charge >= 0.3 is 0 Å². The zero-order valence-electron chi connectivity index (χ0n) is 14.0. The van der Waals surface area contributed by atoms with Gasteiger partial charge in [-0.15, -0.1) is 0 Å². The molecular weight excluding hydrogens is 286 g/mol. The summed E-state index contributed by atoms with van der Waals surface area (Å²) in [5.74, 6) is 2.02. The summed E-state index contributed by atoms with van der Waals surface area (Å²) in [7, 11) is 0. The fraction of sp³-hybridized carbons (Fsp3) is 0.500. The first kappa shape index (κ1) is 16.1. The normalized spacial score (nSPS) is 21.8. The Morgan fingerprint density at radius 1 is 1.26 bits per heavy atom. The van der Waals surface area contributed by atoms with Crippen molar-refractivity contribution in [2.45, 2.75) is 38.7 Å². The molecule has 1 aliphatic heterocycles. The second-order valence-corrected chi connectivity index (χ2v) is 6.43. The van der Waals surface area contributed by atoms with E-state index in [4.69, 9.17) is 9.47 Å². The van der Waals surface area contributed by atoms with Crippen molar-refractivity contribution < 1.29 is 9.47 Å². The molecule has 0 bridgehead atoms. The monoisotopic (exact) mass is 313 g/mol. The molecule has 23 heavy (non-hydrogen) atoms. The third-order valence-corrected chi connectivity index (χ3v) is 4.39.